The van der Waals surface area contributed by atoms with E-state index in [1.54, 1.807) is 0 Å². The number of aryl methyl sites for hydroxylation is 1. The molecule has 2 unspecified atom stereocenters. The SMILES string of the molecule is CCCNc1nc(C)nc(N2CCC(C)C(C)C2)c1C. The standard InChI is InChI=1S/C16H28N4/c1-6-8-17-15-13(4)16(19-14(5)18-15)20-9-7-11(2)12(3)10-20/h11-12H,6-10H2,1-5H3,(H,17,18,19). The third-order valence-corrected chi connectivity index (χ3v) is 4.41. The molecule has 1 N–H and O–H groups in total. The van der Waals surface area contributed by atoms with E-state index >= 15 is 0 Å². The van der Waals surface area contributed by atoms with E-state index in [9.17, 15) is 0 Å². The van der Waals surface area contributed by atoms with E-state index in [0.717, 1.165) is 55.4 Å². The minimum absolute atomic E-state index is 0.727. The minimum Gasteiger partial charge on any atom is -0.370 e. The molecule has 1 aromatic heterocycles. The average Bonchev–Trinajstić information content (AvgIpc) is 2.42. The summed E-state index contributed by atoms with van der Waals surface area (Å²) in [7, 11) is 0. The van der Waals surface area contributed by atoms with Gasteiger partial charge in [-0.1, -0.05) is 20.8 Å². The average molecular weight is 276 g/mol. The second-order valence-electron chi connectivity index (χ2n) is 6.18. The lowest BCUT2D eigenvalue weighted by Crippen LogP contribution is -2.39. The molecule has 0 amide bonds. The van der Waals surface area contributed by atoms with Crippen LogP contribution in [0.15, 0.2) is 0 Å². The van der Waals surface area contributed by atoms with Gasteiger partial charge in [0.2, 0.25) is 0 Å². The van der Waals surface area contributed by atoms with Crippen LogP contribution in [-0.4, -0.2) is 29.6 Å². The van der Waals surface area contributed by atoms with Crippen molar-refractivity contribution < 1.29 is 0 Å². The van der Waals surface area contributed by atoms with Crippen molar-refractivity contribution in [1.82, 2.24) is 9.97 Å². The molecule has 1 aliphatic heterocycles. The maximum absolute atomic E-state index is 4.70. The number of nitrogens with zero attached hydrogens (tertiary/aromatic N) is 3. The van der Waals surface area contributed by atoms with Crippen LogP contribution in [0.2, 0.25) is 0 Å². The van der Waals surface area contributed by atoms with Gasteiger partial charge in [-0.15, -0.1) is 0 Å². The molecule has 1 aliphatic rings. The lowest BCUT2D eigenvalue weighted by molar-refractivity contribution is 0.322. The van der Waals surface area contributed by atoms with E-state index in [2.05, 4.69) is 42.9 Å². The van der Waals surface area contributed by atoms with Gasteiger partial charge in [0.25, 0.3) is 0 Å². The van der Waals surface area contributed by atoms with Crippen molar-refractivity contribution in [1.29, 1.82) is 0 Å². The Morgan fingerprint density at radius 3 is 2.60 bits per heavy atom. The monoisotopic (exact) mass is 276 g/mol. The lowest BCUT2D eigenvalue weighted by Gasteiger charge is -2.37. The highest BCUT2D eigenvalue weighted by molar-refractivity contribution is 5.58. The molecule has 1 fully saturated rings. The molecule has 0 aromatic carbocycles. The van der Waals surface area contributed by atoms with Crippen LogP contribution >= 0.6 is 0 Å². The van der Waals surface area contributed by atoms with Crippen molar-refractivity contribution in [2.45, 2.75) is 47.5 Å². The molecule has 4 nitrogen and oxygen atoms in total. The Labute approximate surface area is 123 Å². The Bertz CT molecular complexity index is 458. The largest absolute Gasteiger partial charge is 0.370 e. The summed E-state index contributed by atoms with van der Waals surface area (Å²) in [5, 5.41) is 3.43. The molecule has 0 saturated carbocycles. The Balaban J connectivity index is 2.24. The molecule has 0 spiro atoms. The highest BCUT2D eigenvalue weighted by Gasteiger charge is 2.25. The Morgan fingerprint density at radius 1 is 1.20 bits per heavy atom. The topological polar surface area (TPSA) is 41.1 Å². The summed E-state index contributed by atoms with van der Waals surface area (Å²) in [5.41, 5.74) is 1.19. The van der Waals surface area contributed by atoms with Crippen molar-refractivity contribution >= 4 is 11.6 Å². The molecule has 1 saturated heterocycles. The zero-order valence-electron chi connectivity index (χ0n) is 13.5. The molecular formula is C16H28N4. The fourth-order valence-electron chi connectivity index (χ4n) is 2.79. The first-order valence-corrected chi connectivity index (χ1v) is 7.87. The summed E-state index contributed by atoms with van der Waals surface area (Å²) >= 11 is 0. The maximum Gasteiger partial charge on any atom is 0.137 e. The first kappa shape index (κ1) is 15.1. The molecule has 1 aromatic rings. The van der Waals surface area contributed by atoms with Crippen molar-refractivity contribution in [3.63, 3.8) is 0 Å². The Kier molecular flexibility index (Phi) is 4.84. The van der Waals surface area contributed by atoms with Crippen LogP contribution < -0.4 is 10.2 Å². The number of nitrogens with one attached hydrogen (secondary N) is 1. The molecule has 2 heterocycles. The van der Waals surface area contributed by atoms with Gasteiger partial charge in [-0.25, -0.2) is 9.97 Å². The summed E-state index contributed by atoms with van der Waals surface area (Å²) in [4.78, 5) is 11.7. The van der Waals surface area contributed by atoms with Crippen LogP contribution in [-0.2, 0) is 0 Å². The van der Waals surface area contributed by atoms with Gasteiger partial charge >= 0.3 is 0 Å². The number of hydrogen-bond acceptors (Lipinski definition) is 4. The third kappa shape index (κ3) is 3.22. The van der Waals surface area contributed by atoms with Gasteiger partial charge < -0.3 is 10.2 Å². The van der Waals surface area contributed by atoms with Gasteiger partial charge in [-0.05, 0) is 38.5 Å². The summed E-state index contributed by atoms with van der Waals surface area (Å²) in [6, 6.07) is 0. The molecule has 2 rings (SSSR count). The number of aromatic nitrogens is 2. The zero-order valence-corrected chi connectivity index (χ0v) is 13.5. The van der Waals surface area contributed by atoms with Crippen molar-refractivity contribution in [2.24, 2.45) is 11.8 Å². The van der Waals surface area contributed by atoms with Gasteiger partial charge in [-0.2, -0.15) is 0 Å². The molecular weight excluding hydrogens is 248 g/mol. The second-order valence-corrected chi connectivity index (χ2v) is 6.18. The van der Waals surface area contributed by atoms with E-state index < -0.39 is 0 Å². The van der Waals surface area contributed by atoms with E-state index in [-0.39, 0.29) is 0 Å². The van der Waals surface area contributed by atoms with Gasteiger partial charge in [0.05, 0.1) is 0 Å². The molecule has 4 heteroatoms. The predicted octanol–water partition coefficient (Wildman–Crippen LogP) is 3.40. The molecule has 0 bridgehead atoms. The molecule has 0 radical (unpaired) electrons. The van der Waals surface area contributed by atoms with E-state index in [0.29, 0.717) is 0 Å². The fourth-order valence-corrected chi connectivity index (χ4v) is 2.79. The maximum atomic E-state index is 4.70. The van der Waals surface area contributed by atoms with Crippen LogP contribution in [0.4, 0.5) is 11.6 Å². The predicted molar refractivity (Wildman–Crippen MR) is 85.4 cm³/mol. The van der Waals surface area contributed by atoms with E-state index in [1.165, 1.54) is 12.0 Å². The second kappa shape index (κ2) is 6.42. The van der Waals surface area contributed by atoms with E-state index in [4.69, 9.17) is 4.98 Å². The normalized spacial score (nSPS) is 22.9. The van der Waals surface area contributed by atoms with Crippen LogP contribution in [0.1, 0.15) is 45.0 Å². The number of rotatable bonds is 4. The molecule has 0 aliphatic carbocycles. The summed E-state index contributed by atoms with van der Waals surface area (Å²) in [6.07, 6.45) is 2.36. The Hall–Kier alpha value is -1.32. The van der Waals surface area contributed by atoms with E-state index in [1.807, 2.05) is 6.92 Å². The van der Waals surface area contributed by atoms with Crippen LogP contribution in [0.3, 0.4) is 0 Å². The van der Waals surface area contributed by atoms with Crippen molar-refractivity contribution in [3.05, 3.63) is 11.4 Å². The molecule has 112 valence electrons. The smallest absolute Gasteiger partial charge is 0.137 e. The first-order valence-electron chi connectivity index (χ1n) is 7.87. The summed E-state index contributed by atoms with van der Waals surface area (Å²) < 4.78 is 0. The van der Waals surface area contributed by atoms with Gasteiger partial charge in [0, 0.05) is 25.2 Å². The van der Waals surface area contributed by atoms with Gasteiger partial charge in [0.15, 0.2) is 0 Å². The highest BCUT2D eigenvalue weighted by atomic mass is 15.2. The van der Waals surface area contributed by atoms with Crippen LogP contribution in [0.25, 0.3) is 0 Å². The fraction of sp³-hybridized carbons (Fsp3) is 0.750. The Morgan fingerprint density at radius 2 is 1.95 bits per heavy atom. The summed E-state index contributed by atoms with van der Waals surface area (Å²) in [6.45, 7) is 14.2. The van der Waals surface area contributed by atoms with Crippen LogP contribution in [0, 0.1) is 25.7 Å². The molecule has 2 atom stereocenters. The number of anilines is 2. The highest BCUT2D eigenvalue weighted by Crippen LogP contribution is 2.30. The summed E-state index contributed by atoms with van der Waals surface area (Å²) in [5.74, 6) is 4.52. The zero-order chi connectivity index (χ0) is 14.7. The third-order valence-electron chi connectivity index (χ3n) is 4.41. The van der Waals surface area contributed by atoms with Crippen LogP contribution in [0.5, 0.6) is 0 Å². The minimum atomic E-state index is 0.727. The quantitative estimate of drug-likeness (QED) is 0.915. The van der Waals surface area contributed by atoms with Crippen molar-refractivity contribution in [2.75, 3.05) is 29.9 Å². The first-order chi connectivity index (χ1) is 9.52. The number of piperidine rings is 1. The van der Waals surface area contributed by atoms with Gasteiger partial charge in [-0.3, -0.25) is 0 Å². The number of hydrogen-bond donors (Lipinski definition) is 1. The lowest BCUT2D eigenvalue weighted by atomic mass is 9.88. The molecule has 20 heavy (non-hydrogen) atoms. The van der Waals surface area contributed by atoms with Gasteiger partial charge in [0.1, 0.15) is 17.5 Å². The van der Waals surface area contributed by atoms with Crippen molar-refractivity contribution in [3.8, 4) is 0 Å².